The zero-order valence-corrected chi connectivity index (χ0v) is 20.1. The third-order valence-corrected chi connectivity index (χ3v) is 6.67. The minimum atomic E-state index is -0.489. The van der Waals surface area contributed by atoms with E-state index >= 15 is 4.39 Å². The summed E-state index contributed by atoms with van der Waals surface area (Å²) in [5.74, 6) is -0.0821. The summed E-state index contributed by atoms with van der Waals surface area (Å²) >= 11 is 0. The Labute approximate surface area is 202 Å². The Balaban J connectivity index is 1.49. The molecule has 2 aliphatic rings. The van der Waals surface area contributed by atoms with Crippen molar-refractivity contribution in [2.75, 3.05) is 11.9 Å². The Kier molecular flexibility index (Phi) is 5.00. The molecule has 6 rings (SSSR count). The lowest BCUT2D eigenvalue weighted by Gasteiger charge is -2.21. The van der Waals surface area contributed by atoms with Crippen molar-refractivity contribution in [3.63, 3.8) is 0 Å². The standard InChI is InChI=1S/C26H28FN7O/c1-26(2,3)22-21(27)20(9-11-29-22)34-23-19(24(35)33(34)18-6-7-18)14-30-25(32-23)31-17-5-4-16-13-28-10-8-15(16)12-17/h4-5,9,11-12,14,18,28H,6-8,10,13H2,1-3H3,(H,30,31,32). The Hall–Kier alpha value is -3.59. The third kappa shape index (κ3) is 3.80. The second-order valence-corrected chi connectivity index (χ2v) is 10.4. The van der Waals surface area contributed by atoms with Crippen molar-refractivity contribution in [2.24, 2.45) is 0 Å². The average Bonchev–Trinajstić information content (AvgIpc) is 3.63. The SMILES string of the molecule is CC(C)(C)c1nccc(-n2c3nc(Nc4ccc5c(c4)CCNC5)ncc3c(=O)n2C2CC2)c1F. The number of fused-ring (bicyclic) bond motifs is 2. The number of halogens is 1. The normalized spacial score (nSPS) is 15.9. The first kappa shape index (κ1) is 21.9. The Morgan fingerprint density at radius 3 is 2.74 bits per heavy atom. The number of aromatic nitrogens is 5. The van der Waals surface area contributed by atoms with Crippen LogP contribution in [0.1, 0.15) is 56.5 Å². The first-order valence-electron chi connectivity index (χ1n) is 12.1. The van der Waals surface area contributed by atoms with Crippen LogP contribution < -0.4 is 16.2 Å². The van der Waals surface area contributed by atoms with E-state index in [9.17, 15) is 4.79 Å². The molecule has 1 aromatic carbocycles. The van der Waals surface area contributed by atoms with E-state index in [-0.39, 0.29) is 17.3 Å². The van der Waals surface area contributed by atoms with Gasteiger partial charge in [0.2, 0.25) is 5.95 Å². The van der Waals surface area contributed by atoms with Gasteiger partial charge in [0, 0.05) is 30.0 Å². The maximum Gasteiger partial charge on any atom is 0.278 e. The zero-order valence-electron chi connectivity index (χ0n) is 20.1. The van der Waals surface area contributed by atoms with E-state index in [2.05, 4.69) is 32.7 Å². The van der Waals surface area contributed by atoms with E-state index in [1.54, 1.807) is 21.6 Å². The lowest BCUT2D eigenvalue weighted by Crippen LogP contribution is -2.23. The minimum absolute atomic E-state index is 0.0213. The van der Waals surface area contributed by atoms with Crippen LogP contribution in [0.2, 0.25) is 0 Å². The molecular formula is C26H28FN7O. The van der Waals surface area contributed by atoms with Crippen molar-refractivity contribution < 1.29 is 4.39 Å². The Bertz CT molecular complexity index is 1510. The summed E-state index contributed by atoms with van der Waals surface area (Å²) < 4.78 is 19.0. The van der Waals surface area contributed by atoms with Crippen LogP contribution in [-0.2, 0) is 18.4 Å². The molecule has 0 saturated heterocycles. The lowest BCUT2D eigenvalue weighted by atomic mass is 9.91. The fourth-order valence-electron chi connectivity index (χ4n) is 4.74. The number of nitrogens with zero attached hydrogens (tertiary/aromatic N) is 5. The van der Waals surface area contributed by atoms with Gasteiger partial charge in [0.25, 0.3) is 5.56 Å². The van der Waals surface area contributed by atoms with E-state index in [1.165, 1.54) is 17.3 Å². The molecule has 2 N–H and O–H groups in total. The van der Waals surface area contributed by atoms with Crippen molar-refractivity contribution in [2.45, 2.75) is 58.0 Å². The van der Waals surface area contributed by atoms with Gasteiger partial charge in [-0.15, -0.1) is 0 Å². The van der Waals surface area contributed by atoms with Gasteiger partial charge in [0.05, 0.1) is 11.7 Å². The minimum Gasteiger partial charge on any atom is -0.324 e. The molecule has 4 heterocycles. The van der Waals surface area contributed by atoms with Gasteiger partial charge in [-0.2, -0.15) is 4.98 Å². The van der Waals surface area contributed by atoms with E-state index in [0.29, 0.717) is 22.7 Å². The lowest BCUT2D eigenvalue weighted by molar-refractivity contribution is 0.484. The largest absolute Gasteiger partial charge is 0.324 e. The fraction of sp³-hybridized carbons (Fsp3) is 0.385. The molecule has 0 radical (unpaired) electrons. The molecule has 0 unspecified atom stereocenters. The quantitative estimate of drug-likeness (QED) is 0.463. The van der Waals surface area contributed by atoms with Crippen LogP contribution in [0.4, 0.5) is 16.0 Å². The number of hydrogen-bond donors (Lipinski definition) is 2. The maximum absolute atomic E-state index is 15.8. The van der Waals surface area contributed by atoms with Crippen LogP contribution in [0, 0.1) is 5.82 Å². The topological polar surface area (TPSA) is 89.7 Å². The predicted molar refractivity (Wildman–Crippen MR) is 133 cm³/mol. The van der Waals surface area contributed by atoms with Crippen LogP contribution in [0.25, 0.3) is 16.7 Å². The van der Waals surface area contributed by atoms with E-state index < -0.39 is 11.2 Å². The molecular weight excluding hydrogens is 445 g/mol. The summed E-state index contributed by atoms with van der Waals surface area (Å²) in [5.41, 5.74) is 3.77. The molecule has 9 heteroatoms. The van der Waals surface area contributed by atoms with Crippen molar-refractivity contribution in [3.05, 3.63) is 69.7 Å². The molecule has 0 amide bonds. The number of benzene rings is 1. The van der Waals surface area contributed by atoms with Gasteiger partial charge in [-0.3, -0.25) is 9.78 Å². The number of rotatable bonds is 4. The van der Waals surface area contributed by atoms with E-state index in [4.69, 9.17) is 4.98 Å². The fourth-order valence-corrected chi connectivity index (χ4v) is 4.74. The molecule has 0 spiro atoms. The summed E-state index contributed by atoms with van der Waals surface area (Å²) in [6.07, 6.45) is 5.84. The van der Waals surface area contributed by atoms with Gasteiger partial charge in [0.1, 0.15) is 11.1 Å². The van der Waals surface area contributed by atoms with Gasteiger partial charge in [-0.25, -0.2) is 18.7 Å². The molecule has 8 nitrogen and oxygen atoms in total. The molecule has 180 valence electrons. The van der Waals surface area contributed by atoms with Crippen molar-refractivity contribution in [1.82, 2.24) is 29.6 Å². The number of pyridine rings is 1. The van der Waals surface area contributed by atoms with Crippen LogP contribution in [0.3, 0.4) is 0 Å². The summed E-state index contributed by atoms with van der Waals surface area (Å²) in [4.78, 5) is 26.7. The summed E-state index contributed by atoms with van der Waals surface area (Å²) in [6.45, 7) is 7.58. The van der Waals surface area contributed by atoms with Gasteiger partial charge in [-0.05, 0) is 55.1 Å². The molecule has 0 atom stereocenters. The second-order valence-electron chi connectivity index (χ2n) is 10.4. The van der Waals surface area contributed by atoms with Gasteiger partial charge in [0.15, 0.2) is 11.5 Å². The average molecular weight is 474 g/mol. The molecule has 4 aromatic rings. The highest BCUT2D eigenvalue weighted by Gasteiger charge is 2.33. The molecule has 35 heavy (non-hydrogen) atoms. The number of anilines is 2. The third-order valence-electron chi connectivity index (χ3n) is 6.67. The van der Waals surface area contributed by atoms with Crippen molar-refractivity contribution in [1.29, 1.82) is 0 Å². The summed E-state index contributed by atoms with van der Waals surface area (Å²) in [5, 5.41) is 7.02. The van der Waals surface area contributed by atoms with E-state index in [1.807, 2.05) is 26.8 Å². The molecule has 1 fully saturated rings. The Morgan fingerprint density at radius 2 is 1.97 bits per heavy atom. The monoisotopic (exact) mass is 473 g/mol. The first-order valence-corrected chi connectivity index (χ1v) is 12.1. The smallest absolute Gasteiger partial charge is 0.278 e. The first-order chi connectivity index (χ1) is 16.8. The van der Waals surface area contributed by atoms with Crippen LogP contribution in [-0.4, -0.2) is 30.9 Å². The second kappa shape index (κ2) is 7.98. The summed E-state index contributed by atoms with van der Waals surface area (Å²) in [6, 6.07) is 7.84. The Morgan fingerprint density at radius 1 is 1.14 bits per heavy atom. The van der Waals surface area contributed by atoms with Crippen molar-refractivity contribution in [3.8, 4) is 5.69 Å². The van der Waals surface area contributed by atoms with E-state index in [0.717, 1.165) is 38.0 Å². The molecule has 0 bridgehead atoms. The van der Waals surface area contributed by atoms with Gasteiger partial charge < -0.3 is 10.6 Å². The van der Waals surface area contributed by atoms with Crippen molar-refractivity contribution >= 4 is 22.7 Å². The molecule has 3 aromatic heterocycles. The van der Waals surface area contributed by atoms with Crippen LogP contribution in [0.15, 0.2) is 41.5 Å². The molecule has 1 aliphatic heterocycles. The van der Waals surface area contributed by atoms with Crippen LogP contribution in [0.5, 0.6) is 0 Å². The highest BCUT2D eigenvalue weighted by Crippen LogP contribution is 2.36. The highest BCUT2D eigenvalue weighted by atomic mass is 19.1. The van der Waals surface area contributed by atoms with Gasteiger partial charge >= 0.3 is 0 Å². The van der Waals surface area contributed by atoms with Gasteiger partial charge in [-0.1, -0.05) is 26.8 Å². The zero-order chi connectivity index (χ0) is 24.3. The highest BCUT2D eigenvalue weighted by molar-refractivity contribution is 5.77. The predicted octanol–water partition coefficient (Wildman–Crippen LogP) is 4.14. The summed E-state index contributed by atoms with van der Waals surface area (Å²) in [7, 11) is 0. The number of nitrogens with one attached hydrogen (secondary N) is 2. The molecule has 1 aliphatic carbocycles. The number of hydrogen-bond acceptors (Lipinski definition) is 6. The maximum atomic E-state index is 15.8. The molecule has 1 saturated carbocycles. The van der Waals surface area contributed by atoms with Crippen LogP contribution >= 0.6 is 0 Å².